The second kappa shape index (κ2) is 9.14. The van der Waals surface area contributed by atoms with Gasteiger partial charge in [-0.3, -0.25) is 14.7 Å². The fourth-order valence-corrected chi connectivity index (χ4v) is 3.45. The number of benzene rings is 1. The smallest absolute Gasteiger partial charge is 0.234 e. The lowest BCUT2D eigenvalue weighted by Gasteiger charge is -2.23. The molecule has 27 heavy (non-hydrogen) atoms. The molecule has 0 radical (unpaired) electrons. The van der Waals surface area contributed by atoms with Gasteiger partial charge in [-0.05, 0) is 54.9 Å². The van der Waals surface area contributed by atoms with Gasteiger partial charge in [-0.1, -0.05) is 44.2 Å². The van der Waals surface area contributed by atoms with Gasteiger partial charge in [0.05, 0.1) is 12.6 Å². The van der Waals surface area contributed by atoms with Crippen LogP contribution in [-0.4, -0.2) is 28.4 Å². The molecule has 1 heterocycles. The van der Waals surface area contributed by atoms with E-state index in [1.807, 2.05) is 12.3 Å². The molecule has 1 unspecified atom stereocenters. The molecule has 1 atom stereocenters. The lowest BCUT2D eigenvalue weighted by Crippen LogP contribution is -2.39. The molecule has 1 aliphatic carbocycles. The molecule has 4 nitrogen and oxygen atoms in total. The minimum absolute atomic E-state index is 0.0186. The zero-order valence-electron chi connectivity index (χ0n) is 16.7. The Hall–Kier alpha value is -2.20. The average molecular weight is 366 g/mol. The van der Waals surface area contributed by atoms with Crippen LogP contribution in [0.3, 0.4) is 0 Å². The number of carbonyl (C=O) groups excluding carboxylic acids is 1. The summed E-state index contributed by atoms with van der Waals surface area (Å²) in [7, 11) is 0. The monoisotopic (exact) mass is 365 g/mol. The van der Waals surface area contributed by atoms with Crippen molar-refractivity contribution in [2.75, 3.05) is 6.54 Å². The molecule has 2 aromatic rings. The SMILES string of the molecule is CC(C)Cc1ccc(C(C)NC(=O)CN(Cc2cccnc2)C2CC2)cc1. The summed E-state index contributed by atoms with van der Waals surface area (Å²) in [5.74, 6) is 0.741. The van der Waals surface area contributed by atoms with Gasteiger partial charge >= 0.3 is 0 Å². The Morgan fingerprint density at radius 3 is 2.48 bits per heavy atom. The van der Waals surface area contributed by atoms with E-state index in [1.54, 1.807) is 6.20 Å². The molecule has 0 bridgehead atoms. The predicted octanol–water partition coefficient (Wildman–Crippen LogP) is 4.12. The molecule has 4 heteroatoms. The van der Waals surface area contributed by atoms with Crippen LogP contribution in [0.15, 0.2) is 48.8 Å². The Morgan fingerprint density at radius 1 is 1.15 bits per heavy atom. The van der Waals surface area contributed by atoms with Gasteiger partial charge in [-0.2, -0.15) is 0 Å². The number of nitrogens with zero attached hydrogens (tertiary/aromatic N) is 2. The zero-order chi connectivity index (χ0) is 19.2. The highest BCUT2D eigenvalue weighted by Crippen LogP contribution is 2.28. The van der Waals surface area contributed by atoms with Crippen molar-refractivity contribution in [2.24, 2.45) is 5.92 Å². The maximum absolute atomic E-state index is 12.6. The van der Waals surface area contributed by atoms with Crippen molar-refractivity contribution in [2.45, 2.75) is 58.7 Å². The van der Waals surface area contributed by atoms with E-state index in [0.29, 0.717) is 18.5 Å². The van der Waals surface area contributed by atoms with Crippen LogP contribution in [0.4, 0.5) is 0 Å². The lowest BCUT2D eigenvalue weighted by atomic mass is 10.00. The second-order valence-electron chi connectivity index (χ2n) is 8.13. The first-order chi connectivity index (χ1) is 13.0. The van der Waals surface area contributed by atoms with Crippen LogP contribution in [-0.2, 0) is 17.8 Å². The minimum atomic E-state index is 0.0186. The minimum Gasteiger partial charge on any atom is -0.348 e. The van der Waals surface area contributed by atoms with Gasteiger partial charge in [-0.15, -0.1) is 0 Å². The Bertz CT molecular complexity index is 723. The summed E-state index contributed by atoms with van der Waals surface area (Å²) in [5.41, 5.74) is 3.66. The van der Waals surface area contributed by atoms with E-state index in [0.717, 1.165) is 24.1 Å². The van der Waals surface area contributed by atoms with Gasteiger partial charge < -0.3 is 5.32 Å². The normalized spacial score (nSPS) is 15.1. The van der Waals surface area contributed by atoms with E-state index in [1.165, 1.54) is 18.4 Å². The number of rotatable bonds is 9. The van der Waals surface area contributed by atoms with Crippen molar-refractivity contribution in [1.82, 2.24) is 15.2 Å². The number of carbonyl (C=O) groups is 1. The van der Waals surface area contributed by atoms with Gasteiger partial charge in [0.1, 0.15) is 0 Å². The number of pyridine rings is 1. The third kappa shape index (κ3) is 6.17. The number of hydrogen-bond acceptors (Lipinski definition) is 3. The molecule has 1 N–H and O–H groups in total. The summed E-state index contributed by atoms with van der Waals surface area (Å²) in [4.78, 5) is 19.1. The molecule has 1 amide bonds. The van der Waals surface area contributed by atoms with Crippen LogP contribution in [0, 0.1) is 5.92 Å². The van der Waals surface area contributed by atoms with Crippen molar-refractivity contribution in [3.05, 3.63) is 65.5 Å². The van der Waals surface area contributed by atoms with Gasteiger partial charge in [0.25, 0.3) is 0 Å². The molecule has 0 aliphatic heterocycles. The highest BCUT2D eigenvalue weighted by atomic mass is 16.2. The first-order valence-corrected chi connectivity index (χ1v) is 10.0. The standard InChI is InChI=1S/C23H31N3O/c1-17(2)13-19-6-8-21(9-7-19)18(3)25-23(27)16-26(22-10-11-22)15-20-5-4-12-24-14-20/h4-9,12,14,17-18,22H,10-11,13,15-16H2,1-3H3,(H,25,27). The first-order valence-electron chi connectivity index (χ1n) is 10.0. The Morgan fingerprint density at radius 2 is 1.89 bits per heavy atom. The van der Waals surface area contributed by atoms with Gasteiger partial charge in [0, 0.05) is 25.0 Å². The first kappa shape index (κ1) is 19.6. The highest BCUT2D eigenvalue weighted by Gasteiger charge is 2.30. The summed E-state index contributed by atoms with van der Waals surface area (Å²) < 4.78 is 0. The zero-order valence-corrected chi connectivity index (χ0v) is 16.7. The molecule has 1 fully saturated rings. The molecule has 144 valence electrons. The van der Waals surface area contributed by atoms with E-state index in [-0.39, 0.29) is 11.9 Å². The number of hydrogen-bond donors (Lipinski definition) is 1. The molecule has 0 spiro atoms. The van der Waals surface area contributed by atoms with E-state index in [4.69, 9.17) is 0 Å². The predicted molar refractivity (Wildman–Crippen MR) is 109 cm³/mol. The molecule has 0 saturated heterocycles. The number of nitrogens with one attached hydrogen (secondary N) is 1. The summed E-state index contributed by atoms with van der Waals surface area (Å²) in [6.45, 7) is 7.74. The van der Waals surface area contributed by atoms with E-state index >= 15 is 0 Å². The summed E-state index contributed by atoms with van der Waals surface area (Å²) in [6.07, 6.45) is 7.12. The largest absolute Gasteiger partial charge is 0.348 e. The van der Waals surface area contributed by atoms with Crippen molar-refractivity contribution >= 4 is 5.91 Å². The van der Waals surface area contributed by atoms with Crippen molar-refractivity contribution in [3.63, 3.8) is 0 Å². The highest BCUT2D eigenvalue weighted by molar-refractivity contribution is 5.78. The second-order valence-corrected chi connectivity index (χ2v) is 8.13. The third-order valence-corrected chi connectivity index (χ3v) is 5.02. The van der Waals surface area contributed by atoms with Crippen molar-refractivity contribution in [3.8, 4) is 0 Å². The fraction of sp³-hybridized carbons (Fsp3) is 0.478. The molecule has 1 aliphatic rings. The molecular formula is C23H31N3O. The maximum atomic E-state index is 12.6. The summed E-state index contributed by atoms with van der Waals surface area (Å²) in [5, 5.41) is 3.16. The quantitative estimate of drug-likeness (QED) is 0.727. The Kier molecular flexibility index (Phi) is 6.62. The van der Waals surface area contributed by atoms with Crippen LogP contribution in [0.25, 0.3) is 0 Å². The molecule has 1 aromatic heterocycles. The Labute approximate surface area is 163 Å². The molecule has 1 aromatic carbocycles. The maximum Gasteiger partial charge on any atom is 0.234 e. The fourth-order valence-electron chi connectivity index (χ4n) is 3.45. The van der Waals surface area contributed by atoms with Crippen LogP contribution < -0.4 is 5.32 Å². The van der Waals surface area contributed by atoms with Gasteiger partial charge in [-0.25, -0.2) is 0 Å². The van der Waals surface area contributed by atoms with Crippen LogP contribution in [0.5, 0.6) is 0 Å². The van der Waals surface area contributed by atoms with Crippen LogP contribution >= 0.6 is 0 Å². The topological polar surface area (TPSA) is 45.2 Å². The summed E-state index contributed by atoms with van der Waals surface area (Å²) in [6, 6.07) is 13.2. The van der Waals surface area contributed by atoms with E-state index in [9.17, 15) is 4.79 Å². The van der Waals surface area contributed by atoms with Crippen LogP contribution in [0.2, 0.25) is 0 Å². The van der Waals surface area contributed by atoms with Gasteiger partial charge in [0.2, 0.25) is 5.91 Å². The Balaban J connectivity index is 1.54. The molecular weight excluding hydrogens is 334 g/mol. The lowest BCUT2D eigenvalue weighted by molar-refractivity contribution is -0.123. The van der Waals surface area contributed by atoms with Crippen molar-refractivity contribution in [1.29, 1.82) is 0 Å². The van der Waals surface area contributed by atoms with E-state index in [2.05, 4.69) is 66.3 Å². The van der Waals surface area contributed by atoms with Gasteiger partial charge in [0.15, 0.2) is 0 Å². The molecule has 1 saturated carbocycles. The van der Waals surface area contributed by atoms with E-state index < -0.39 is 0 Å². The number of aromatic nitrogens is 1. The van der Waals surface area contributed by atoms with Crippen molar-refractivity contribution < 1.29 is 4.79 Å². The molecule has 3 rings (SSSR count). The third-order valence-electron chi connectivity index (χ3n) is 5.02. The van der Waals surface area contributed by atoms with Crippen LogP contribution in [0.1, 0.15) is 56.3 Å². The number of amides is 1. The average Bonchev–Trinajstić information content (AvgIpc) is 3.47. The summed E-state index contributed by atoms with van der Waals surface area (Å²) >= 11 is 0.